The fourth-order valence-electron chi connectivity index (χ4n) is 1.90. The Hall–Kier alpha value is -2.27. The minimum absolute atomic E-state index is 0.246. The van der Waals surface area contributed by atoms with E-state index in [1.165, 1.54) is 13.0 Å². The molecule has 0 aliphatic rings. The predicted molar refractivity (Wildman–Crippen MR) is 77.8 cm³/mol. The van der Waals surface area contributed by atoms with E-state index < -0.39 is 29.3 Å². The van der Waals surface area contributed by atoms with Gasteiger partial charge in [0.15, 0.2) is 5.82 Å². The van der Waals surface area contributed by atoms with Crippen LogP contribution in [-0.4, -0.2) is 5.91 Å². The van der Waals surface area contributed by atoms with E-state index in [0.717, 1.165) is 11.6 Å². The second-order valence-electron chi connectivity index (χ2n) is 4.93. The number of hydrogen-bond donors (Lipinski definition) is 2. The molecule has 1 atom stereocenters. The summed E-state index contributed by atoms with van der Waals surface area (Å²) in [7, 11) is 0. The van der Waals surface area contributed by atoms with E-state index in [-0.39, 0.29) is 5.56 Å². The van der Waals surface area contributed by atoms with Crippen molar-refractivity contribution in [1.29, 1.82) is 0 Å². The summed E-state index contributed by atoms with van der Waals surface area (Å²) in [6, 6.07) is 8.47. The summed E-state index contributed by atoms with van der Waals surface area (Å²) in [5, 5.41) is 2.22. The van der Waals surface area contributed by atoms with E-state index in [4.69, 9.17) is 5.73 Å². The van der Waals surface area contributed by atoms with E-state index in [0.29, 0.717) is 5.56 Å². The summed E-state index contributed by atoms with van der Waals surface area (Å²) in [5.74, 6) is -2.29. The summed E-state index contributed by atoms with van der Waals surface area (Å²) in [6.07, 6.45) is 0. The molecule has 1 unspecified atom stereocenters. The SMILES string of the molecule is Cc1ccc(C(N)C(=O)Nc2c(F)ccc(C)c2F)cc1. The van der Waals surface area contributed by atoms with Crippen molar-refractivity contribution in [3.63, 3.8) is 0 Å². The van der Waals surface area contributed by atoms with Crippen LogP contribution in [0.3, 0.4) is 0 Å². The molecule has 110 valence electrons. The van der Waals surface area contributed by atoms with Gasteiger partial charge in [-0.15, -0.1) is 0 Å². The van der Waals surface area contributed by atoms with Crippen molar-refractivity contribution in [2.45, 2.75) is 19.9 Å². The molecule has 2 aromatic rings. The molecule has 0 spiro atoms. The molecule has 0 bridgehead atoms. The Morgan fingerprint density at radius 1 is 1.10 bits per heavy atom. The normalized spacial score (nSPS) is 12.0. The molecule has 5 heteroatoms. The molecule has 3 N–H and O–H groups in total. The van der Waals surface area contributed by atoms with Gasteiger partial charge in [-0.25, -0.2) is 8.78 Å². The molecule has 0 heterocycles. The Labute approximate surface area is 121 Å². The zero-order valence-corrected chi connectivity index (χ0v) is 11.8. The first-order valence-corrected chi connectivity index (χ1v) is 6.47. The molecule has 21 heavy (non-hydrogen) atoms. The van der Waals surface area contributed by atoms with Crippen molar-refractivity contribution in [2.75, 3.05) is 5.32 Å². The lowest BCUT2D eigenvalue weighted by Crippen LogP contribution is -2.28. The largest absolute Gasteiger partial charge is 0.320 e. The number of rotatable bonds is 3. The molecule has 0 aliphatic carbocycles. The van der Waals surface area contributed by atoms with Crippen LogP contribution in [0.15, 0.2) is 36.4 Å². The van der Waals surface area contributed by atoms with Crippen molar-refractivity contribution in [3.05, 3.63) is 64.7 Å². The average Bonchev–Trinajstić information content (AvgIpc) is 2.47. The number of nitrogens with two attached hydrogens (primary N) is 1. The third-order valence-corrected chi connectivity index (χ3v) is 3.25. The van der Waals surface area contributed by atoms with E-state index in [2.05, 4.69) is 5.32 Å². The van der Waals surface area contributed by atoms with Crippen LogP contribution in [0.4, 0.5) is 14.5 Å². The van der Waals surface area contributed by atoms with Crippen LogP contribution in [0.5, 0.6) is 0 Å². The number of benzene rings is 2. The molecular weight excluding hydrogens is 274 g/mol. The molecule has 2 rings (SSSR count). The van der Waals surface area contributed by atoms with Gasteiger partial charge in [0.25, 0.3) is 0 Å². The minimum atomic E-state index is -0.995. The predicted octanol–water partition coefficient (Wildman–Crippen LogP) is 3.22. The lowest BCUT2D eigenvalue weighted by atomic mass is 10.1. The molecule has 0 saturated heterocycles. The van der Waals surface area contributed by atoms with Crippen LogP contribution in [-0.2, 0) is 4.79 Å². The number of carbonyl (C=O) groups is 1. The highest BCUT2D eigenvalue weighted by Crippen LogP contribution is 2.23. The van der Waals surface area contributed by atoms with Crippen LogP contribution >= 0.6 is 0 Å². The molecule has 0 saturated carbocycles. The summed E-state index contributed by atoms with van der Waals surface area (Å²) in [5.41, 5.74) is 7.20. The van der Waals surface area contributed by atoms with Gasteiger partial charge in [0.1, 0.15) is 17.5 Å². The van der Waals surface area contributed by atoms with Crippen LogP contribution in [0.25, 0.3) is 0 Å². The summed E-state index contributed by atoms with van der Waals surface area (Å²) in [4.78, 5) is 12.0. The van der Waals surface area contributed by atoms with E-state index in [1.54, 1.807) is 12.1 Å². The number of hydrogen-bond acceptors (Lipinski definition) is 2. The maximum atomic E-state index is 13.8. The van der Waals surface area contributed by atoms with Crippen LogP contribution in [0, 0.1) is 25.5 Å². The quantitative estimate of drug-likeness (QED) is 0.912. The van der Waals surface area contributed by atoms with Gasteiger partial charge in [-0.1, -0.05) is 35.9 Å². The minimum Gasteiger partial charge on any atom is -0.320 e. The second-order valence-corrected chi connectivity index (χ2v) is 4.93. The number of aryl methyl sites for hydroxylation is 2. The monoisotopic (exact) mass is 290 g/mol. The standard InChI is InChI=1S/C16H16F2N2O/c1-9-3-6-11(7-4-9)14(19)16(21)20-15-12(17)8-5-10(2)13(15)18/h3-8,14H,19H2,1-2H3,(H,20,21). The van der Waals surface area contributed by atoms with Crippen molar-refractivity contribution in [2.24, 2.45) is 5.73 Å². The van der Waals surface area contributed by atoms with Crippen LogP contribution < -0.4 is 11.1 Å². The first kappa shape index (κ1) is 15.1. The van der Waals surface area contributed by atoms with E-state index in [9.17, 15) is 13.6 Å². The number of halogens is 2. The number of nitrogens with one attached hydrogen (secondary N) is 1. The molecule has 2 aromatic carbocycles. The Kier molecular flexibility index (Phi) is 4.33. The number of amides is 1. The zero-order chi connectivity index (χ0) is 15.6. The highest BCUT2D eigenvalue weighted by Gasteiger charge is 2.20. The van der Waals surface area contributed by atoms with Crippen LogP contribution in [0.1, 0.15) is 22.7 Å². The van der Waals surface area contributed by atoms with Gasteiger partial charge in [0.05, 0.1) is 0 Å². The zero-order valence-electron chi connectivity index (χ0n) is 11.8. The van der Waals surface area contributed by atoms with Crippen molar-refractivity contribution in [1.82, 2.24) is 0 Å². The Bertz CT molecular complexity index is 669. The van der Waals surface area contributed by atoms with Crippen molar-refractivity contribution >= 4 is 11.6 Å². The van der Waals surface area contributed by atoms with Crippen LogP contribution in [0.2, 0.25) is 0 Å². The topological polar surface area (TPSA) is 55.1 Å². The molecule has 0 aliphatic heterocycles. The molecule has 0 fully saturated rings. The fraction of sp³-hybridized carbons (Fsp3) is 0.188. The molecule has 3 nitrogen and oxygen atoms in total. The fourth-order valence-corrected chi connectivity index (χ4v) is 1.90. The highest BCUT2D eigenvalue weighted by atomic mass is 19.1. The van der Waals surface area contributed by atoms with Gasteiger partial charge < -0.3 is 11.1 Å². The van der Waals surface area contributed by atoms with Gasteiger partial charge in [-0.2, -0.15) is 0 Å². The average molecular weight is 290 g/mol. The third kappa shape index (κ3) is 3.25. The maximum Gasteiger partial charge on any atom is 0.246 e. The molecule has 1 amide bonds. The first-order chi connectivity index (χ1) is 9.90. The van der Waals surface area contributed by atoms with Gasteiger partial charge >= 0.3 is 0 Å². The molecule has 0 aromatic heterocycles. The van der Waals surface area contributed by atoms with Gasteiger partial charge in [-0.05, 0) is 31.0 Å². The summed E-state index contributed by atoms with van der Waals surface area (Å²) < 4.78 is 27.5. The second kappa shape index (κ2) is 6.01. The third-order valence-electron chi connectivity index (χ3n) is 3.25. The lowest BCUT2D eigenvalue weighted by Gasteiger charge is -2.14. The van der Waals surface area contributed by atoms with Crippen molar-refractivity contribution < 1.29 is 13.6 Å². The molecular formula is C16H16F2N2O. The summed E-state index contributed by atoms with van der Waals surface area (Å²) in [6.45, 7) is 3.40. The van der Waals surface area contributed by atoms with E-state index in [1.807, 2.05) is 19.1 Å². The summed E-state index contributed by atoms with van der Waals surface area (Å²) >= 11 is 0. The molecule has 0 radical (unpaired) electrons. The Balaban J connectivity index is 2.22. The van der Waals surface area contributed by atoms with Crippen molar-refractivity contribution in [3.8, 4) is 0 Å². The maximum absolute atomic E-state index is 13.8. The Morgan fingerprint density at radius 3 is 2.33 bits per heavy atom. The highest BCUT2D eigenvalue weighted by molar-refractivity contribution is 5.95. The van der Waals surface area contributed by atoms with Gasteiger partial charge in [-0.3, -0.25) is 4.79 Å². The van der Waals surface area contributed by atoms with Gasteiger partial charge in [0, 0.05) is 0 Å². The van der Waals surface area contributed by atoms with E-state index >= 15 is 0 Å². The Morgan fingerprint density at radius 2 is 1.71 bits per heavy atom. The first-order valence-electron chi connectivity index (χ1n) is 6.47. The smallest absolute Gasteiger partial charge is 0.246 e. The number of carbonyl (C=O) groups excluding carboxylic acids is 1. The van der Waals surface area contributed by atoms with Gasteiger partial charge in [0.2, 0.25) is 5.91 Å². The number of anilines is 1. The lowest BCUT2D eigenvalue weighted by molar-refractivity contribution is -0.117.